The third kappa shape index (κ3) is 3.13. The van der Waals surface area contributed by atoms with Gasteiger partial charge in [0, 0.05) is 49.1 Å². The molecule has 4 heteroatoms. The highest BCUT2D eigenvalue weighted by Gasteiger charge is 2.29. The largest absolute Gasteiger partial charge is 0.497 e. The number of nitrogens with zero attached hydrogens (tertiary/aromatic N) is 1. The van der Waals surface area contributed by atoms with Crippen LogP contribution in [0.4, 0.5) is 5.69 Å². The smallest absolute Gasteiger partial charge is 0.124 e. The van der Waals surface area contributed by atoms with E-state index in [4.69, 9.17) is 9.47 Å². The van der Waals surface area contributed by atoms with Crippen molar-refractivity contribution < 1.29 is 9.47 Å². The summed E-state index contributed by atoms with van der Waals surface area (Å²) in [6.07, 6.45) is 1.12. The van der Waals surface area contributed by atoms with Crippen LogP contribution >= 0.6 is 0 Å². The standard InChI is InChI=1S/C15H24N2O2/c1-5-15(2)11-17(7-6-16-15)12-8-13(18-3)10-14(9-12)19-4/h8-10,16H,5-7,11H2,1-4H3. The van der Waals surface area contributed by atoms with E-state index in [1.807, 2.05) is 6.07 Å². The van der Waals surface area contributed by atoms with Crippen molar-refractivity contribution in [3.63, 3.8) is 0 Å². The normalized spacial score (nSPS) is 23.3. The number of rotatable bonds is 4. The lowest BCUT2D eigenvalue weighted by Gasteiger charge is -2.42. The zero-order valence-corrected chi connectivity index (χ0v) is 12.3. The Balaban J connectivity index is 2.25. The van der Waals surface area contributed by atoms with Gasteiger partial charge < -0.3 is 19.7 Å². The molecule has 1 aliphatic heterocycles. The molecule has 1 aliphatic rings. The van der Waals surface area contributed by atoms with E-state index in [1.165, 1.54) is 0 Å². The molecule has 4 nitrogen and oxygen atoms in total. The maximum absolute atomic E-state index is 5.34. The molecule has 0 aromatic heterocycles. The molecule has 106 valence electrons. The number of hydrogen-bond donors (Lipinski definition) is 1. The van der Waals surface area contributed by atoms with Crippen LogP contribution < -0.4 is 19.7 Å². The number of benzene rings is 1. The second-order valence-corrected chi connectivity index (χ2v) is 5.33. The molecular formula is C15H24N2O2. The van der Waals surface area contributed by atoms with Crippen molar-refractivity contribution >= 4 is 5.69 Å². The maximum atomic E-state index is 5.34. The molecule has 1 heterocycles. The van der Waals surface area contributed by atoms with Crippen molar-refractivity contribution in [1.29, 1.82) is 0 Å². The summed E-state index contributed by atoms with van der Waals surface area (Å²) >= 11 is 0. The van der Waals surface area contributed by atoms with Crippen molar-refractivity contribution in [3.8, 4) is 11.5 Å². The van der Waals surface area contributed by atoms with Gasteiger partial charge in [-0.1, -0.05) is 6.92 Å². The summed E-state index contributed by atoms with van der Waals surface area (Å²) in [6, 6.07) is 6.05. The molecule has 1 saturated heterocycles. The van der Waals surface area contributed by atoms with Crippen LogP contribution in [0.25, 0.3) is 0 Å². The van der Waals surface area contributed by atoms with E-state index in [-0.39, 0.29) is 5.54 Å². The van der Waals surface area contributed by atoms with Gasteiger partial charge in [0.1, 0.15) is 11.5 Å². The van der Waals surface area contributed by atoms with Crippen LogP contribution in [-0.2, 0) is 0 Å². The first kappa shape index (κ1) is 14.0. The Morgan fingerprint density at radius 1 is 1.21 bits per heavy atom. The molecule has 0 saturated carbocycles. The second-order valence-electron chi connectivity index (χ2n) is 5.33. The minimum absolute atomic E-state index is 0.175. The molecule has 1 N–H and O–H groups in total. The summed E-state index contributed by atoms with van der Waals surface area (Å²) in [5.41, 5.74) is 1.34. The molecule has 1 fully saturated rings. The van der Waals surface area contributed by atoms with Gasteiger partial charge >= 0.3 is 0 Å². The van der Waals surface area contributed by atoms with Crippen LogP contribution in [0.1, 0.15) is 20.3 Å². The number of hydrogen-bond acceptors (Lipinski definition) is 4. The van der Waals surface area contributed by atoms with E-state index in [9.17, 15) is 0 Å². The van der Waals surface area contributed by atoms with E-state index in [0.29, 0.717) is 0 Å². The number of methoxy groups -OCH3 is 2. The topological polar surface area (TPSA) is 33.7 Å². The van der Waals surface area contributed by atoms with Crippen LogP contribution in [0.5, 0.6) is 11.5 Å². The van der Waals surface area contributed by atoms with Crippen LogP contribution in [0.15, 0.2) is 18.2 Å². The number of ether oxygens (including phenoxy) is 2. The van der Waals surface area contributed by atoms with E-state index >= 15 is 0 Å². The Hall–Kier alpha value is -1.42. The minimum Gasteiger partial charge on any atom is -0.497 e. The average Bonchev–Trinajstić information content (AvgIpc) is 2.46. The van der Waals surface area contributed by atoms with Gasteiger partial charge in [-0.25, -0.2) is 0 Å². The number of nitrogens with one attached hydrogen (secondary N) is 1. The third-order valence-electron chi connectivity index (χ3n) is 3.96. The summed E-state index contributed by atoms with van der Waals surface area (Å²) < 4.78 is 10.7. The Labute approximate surface area is 115 Å². The van der Waals surface area contributed by atoms with Crippen LogP contribution in [0, 0.1) is 0 Å². The van der Waals surface area contributed by atoms with E-state index < -0.39 is 0 Å². The van der Waals surface area contributed by atoms with Crippen molar-refractivity contribution in [3.05, 3.63) is 18.2 Å². The summed E-state index contributed by atoms with van der Waals surface area (Å²) in [4.78, 5) is 2.39. The fourth-order valence-corrected chi connectivity index (χ4v) is 2.48. The van der Waals surface area contributed by atoms with Crippen LogP contribution in [0.2, 0.25) is 0 Å². The molecule has 19 heavy (non-hydrogen) atoms. The first-order valence-corrected chi connectivity index (χ1v) is 6.83. The maximum Gasteiger partial charge on any atom is 0.124 e. The minimum atomic E-state index is 0.175. The predicted molar refractivity (Wildman–Crippen MR) is 78.5 cm³/mol. The number of anilines is 1. The number of piperazine rings is 1. The fourth-order valence-electron chi connectivity index (χ4n) is 2.48. The molecule has 0 spiro atoms. The monoisotopic (exact) mass is 264 g/mol. The lowest BCUT2D eigenvalue weighted by atomic mass is 9.95. The molecule has 1 aromatic rings. The molecule has 1 atom stereocenters. The van der Waals surface area contributed by atoms with Gasteiger partial charge in [0.05, 0.1) is 14.2 Å². The Bertz CT molecular complexity index is 414. The van der Waals surface area contributed by atoms with Crippen molar-refractivity contribution in [2.75, 3.05) is 38.8 Å². The lowest BCUT2D eigenvalue weighted by molar-refractivity contribution is 0.313. The van der Waals surface area contributed by atoms with Gasteiger partial charge in [-0.05, 0) is 13.3 Å². The molecular weight excluding hydrogens is 240 g/mol. The zero-order chi connectivity index (χ0) is 13.9. The van der Waals surface area contributed by atoms with Gasteiger partial charge in [0.15, 0.2) is 0 Å². The quantitative estimate of drug-likeness (QED) is 0.904. The molecule has 0 aliphatic carbocycles. The molecule has 1 aromatic carbocycles. The van der Waals surface area contributed by atoms with Gasteiger partial charge in [-0.3, -0.25) is 0 Å². The summed E-state index contributed by atoms with van der Waals surface area (Å²) in [6.45, 7) is 7.51. The van der Waals surface area contributed by atoms with Crippen LogP contribution in [0.3, 0.4) is 0 Å². The molecule has 0 radical (unpaired) electrons. The first-order chi connectivity index (χ1) is 9.10. The molecule has 0 bridgehead atoms. The van der Waals surface area contributed by atoms with Crippen LogP contribution in [-0.4, -0.2) is 39.4 Å². The Morgan fingerprint density at radius 2 is 1.84 bits per heavy atom. The predicted octanol–water partition coefficient (Wildman–Crippen LogP) is 2.28. The van der Waals surface area contributed by atoms with E-state index in [2.05, 4.69) is 36.2 Å². The summed E-state index contributed by atoms with van der Waals surface area (Å²) in [5, 5.41) is 3.60. The summed E-state index contributed by atoms with van der Waals surface area (Å²) in [5.74, 6) is 1.68. The van der Waals surface area contributed by atoms with Crippen molar-refractivity contribution in [2.24, 2.45) is 0 Å². The van der Waals surface area contributed by atoms with E-state index in [0.717, 1.165) is 43.2 Å². The molecule has 0 amide bonds. The average molecular weight is 264 g/mol. The Kier molecular flexibility index (Phi) is 4.20. The fraction of sp³-hybridized carbons (Fsp3) is 0.600. The highest BCUT2D eigenvalue weighted by Crippen LogP contribution is 2.30. The SMILES string of the molecule is CCC1(C)CN(c2cc(OC)cc(OC)c2)CCN1. The molecule has 2 rings (SSSR count). The highest BCUT2D eigenvalue weighted by molar-refractivity contribution is 5.56. The van der Waals surface area contributed by atoms with Gasteiger partial charge in [0.25, 0.3) is 0 Å². The van der Waals surface area contributed by atoms with Crippen molar-refractivity contribution in [2.45, 2.75) is 25.8 Å². The Morgan fingerprint density at radius 3 is 2.37 bits per heavy atom. The summed E-state index contributed by atoms with van der Waals surface area (Å²) in [7, 11) is 3.37. The highest BCUT2D eigenvalue weighted by atomic mass is 16.5. The van der Waals surface area contributed by atoms with Gasteiger partial charge in [-0.2, -0.15) is 0 Å². The van der Waals surface area contributed by atoms with Crippen molar-refractivity contribution in [1.82, 2.24) is 5.32 Å². The third-order valence-corrected chi connectivity index (χ3v) is 3.96. The van der Waals surface area contributed by atoms with Gasteiger partial charge in [0.2, 0.25) is 0 Å². The van der Waals surface area contributed by atoms with Gasteiger partial charge in [-0.15, -0.1) is 0 Å². The zero-order valence-electron chi connectivity index (χ0n) is 12.3. The second kappa shape index (κ2) is 5.70. The first-order valence-electron chi connectivity index (χ1n) is 6.83. The molecule has 1 unspecified atom stereocenters. The lowest BCUT2D eigenvalue weighted by Crippen LogP contribution is -2.58. The van der Waals surface area contributed by atoms with E-state index in [1.54, 1.807) is 14.2 Å².